The minimum atomic E-state index is 0.634. The predicted octanol–water partition coefficient (Wildman–Crippen LogP) is 11.9. The highest BCUT2D eigenvalue weighted by Crippen LogP contribution is 2.45. The summed E-state index contributed by atoms with van der Waals surface area (Å²) >= 11 is 0. The second-order valence-corrected chi connectivity index (χ2v) is 12.4. The molecular weight excluding hydrogens is 599 g/mol. The second-order valence-electron chi connectivity index (χ2n) is 12.4. The van der Waals surface area contributed by atoms with Crippen molar-refractivity contribution >= 4 is 54.3 Å². The molecule has 4 nitrogen and oxygen atoms in total. The van der Waals surface area contributed by atoms with Crippen LogP contribution < -0.4 is 0 Å². The standard InChI is InChI=1S/C45H27N3O/c1-3-13-31(14-4-1)43-46-44(32-15-5-2-6-16-32)48-45(47-43)33-22-19-30(20-23-33)38-27-34-24-21-28-11-7-9-17-35(28)39(34)42-40(38)37-26-25-29-12-8-10-18-36(29)41(37)49-42/h1-27H. The summed E-state index contributed by atoms with van der Waals surface area (Å²) in [5, 5.41) is 9.18. The molecule has 0 aliphatic carbocycles. The minimum absolute atomic E-state index is 0.634. The van der Waals surface area contributed by atoms with Gasteiger partial charge in [-0.15, -0.1) is 0 Å². The Morgan fingerprint density at radius 1 is 0.327 bits per heavy atom. The van der Waals surface area contributed by atoms with Gasteiger partial charge >= 0.3 is 0 Å². The zero-order valence-corrected chi connectivity index (χ0v) is 26.3. The zero-order valence-electron chi connectivity index (χ0n) is 26.3. The lowest BCUT2D eigenvalue weighted by molar-refractivity contribution is 0.677. The molecular formula is C45H27N3O. The summed E-state index contributed by atoms with van der Waals surface area (Å²) in [6.07, 6.45) is 0. The van der Waals surface area contributed by atoms with Crippen molar-refractivity contribution in [3.05, 3.63) is 164 Å². The largest absolute Gasteiger partial charge is 0.455 e. The Labute approximate surface area is 282 Å². The summed E-state index contributed by atoms with van der Waals surface area (Å²) in [6.45, 7) is 0. The Morgan fingerprint density at radius 2 is 0.816 bits per heavy atom. The lowest BCUT2D eigenvalue weighted by Gasteiger charge is -2.11. The van der Waals surface area contributed by atoms with Gasteiger partial charge in [-0.05, 0) is 44.8 Å². The highest BCUT2D eigenvalue weighted by Gasteiger charge is 2.20. The number of hydrogen-bond acceptors (Lipinski definition) is 4. The molecule has 0 fully saturated rings. The summed E-state index contributed by atoms with van der Waals surface area (Å²) in [6, 6.07) is 56.8. The average Bonchev–Trinajstić information content (AvgIpc) is 3.58. The van der Waals surface area contributed by atoms with Crippen LogP contribution in [0.1, 0.15) is 0 Å². The molecule has 228 valence electrons. The van der Waals surface area contributed by atoms with Gasteiger partial charge in [-0.1, -0.05) is 152 Å². The molecule has 0 atom stereocenters. The second kappa shape index (κ2) is 11.0. The number of nitrogens with zero attached hydrogens (tertiary/aromatic N) is 3. The van der Waals surface area contributed by atoms with E-state index in [-0.39, 0.29) is 0 Å². The van der Waals surface area contributed by atoms with Crippen molar-refractivity contribution in [3.8, 4) is 45.3 Å². The SMILES string of the molecule is c1ccc(-c2nc(-c3ccccc3)nc(-c3ccc(-c4cc5ccc6ccccc6c5c5oc6c7ccccc7ccc6c45)cc3)n2)cc1. The molecule has 8 aromatic carbocycles. The van der Waals surface area contributed by atoms with Crippen molar-refractivity contribution in [2.45, 2.75) is 0 Å². The molecule has 10 rings (SSSR count). The normalized spacial score (nSPS) is 11.7. The van der Waals surface area contributed by atoms with Crippen molar-refractivity contribution in [1.29, 1.82) is 0 Å². The summed E-state index contributed by atoms with van der Waals surface area (Å²) in [5.41, 5.74) is 6.88. The van der Waals surface area contributed by atoms with E-state index in [1.54, 1.807) is 0 Å². The van der Waals surface area contributed by atoms with E-state index in [0.29, 0.717) is 17.5 Å². The van der Waals surface area contributed by atoms with Gasteiger partial charge in [0.2, 0.25) is 0 Å². The summed E-state index contributed by atoms with van der Waals surface area (Å²) in [4.78, 5) is 14.8. The molecule has 0 spiro atoms. The molecule has 0 N–H and O–H groups in total. The Morgan fingerprint density at radius 3 is 1.47 bits per heavy atom. The first-order valence-electron chi connectivity index (χ1n) is 16.4. The smallest absolute Gasteiger partial charge is 0.164 e. The number of furan rings is 1. The third kappa shape index (κ3) is 4.49. The quantitative estimate of drug-likeness (QED) is 0.183. The fraction of sp³-hybridized carbons (Fsp3) is 0. The van der Waals surface area contributed by atoms with E-state index in [4.69, 9.17) is 19.4 Å². The van der Waals surface area contributed by atoms with Gasteiger partial charge in [0, 0.05) is 38.2 Å². The molecule has 0 aliphatic rings. The highest BCUT2D eigenvalue weighted by molar-refractivity contribution is 6.29. The van der Waals surface area contributed by atoms with Crippen LogP contribution in [0.5, 0.6) is 0 Å². The maximum Gasteiger partial charge on any atom is 0.164 e. The van der Waals surface area contributed by atoms with Gasteiger partial charge in [-0.25, -0.2) is 15.0 Å². The van der Waals surface area contributed by atoms with E-state index < -0.39 is 0 Å². The number of benzene rings is 8. The van der Waals surface area contributed by atoms with E-state index in [1.165, 1.54) is 10.8 Å². The Balaban J connectivity index is 1.19. The highest BCUT2D eigenvalue weighted by atomic mass is 16.3. The van der Waals surface area contributed by atoms with Crippen molar-refractivity contribution in [2.75, 3.05) is 0 Å². The first-order chi connectivity index (χ1) is 24.3. The molecule has 0 amide bonds. The maximum atomic E-state index is 6.93. The minimum Gasteiger partial charge on any atom is -0.455 e. The summed E-state index contributed by atoms with van der Waals surface area (Å²) in [5.74, 6) is 1.93. The monoisotopic (exact) mass is 625 g/mol. The lowest BCUT2D eigenvalue weighted by atomic mass is 9.92. The lowest BCUT2D eigenvalue weighted by Crippen LogP contribution is -2.00. The van der Waals surface area contributed by atoms with Gasteiger partial charge in [0.15, 0.2) is 17.5 Å². The van der Waals surface area contributed by atoms with Crippen LogP contribution in [0.3, 0.4) is 0 Å². The van der Waals surface area contributed by atoms with E-state index in [1.807, 2.05) is 60.7 Å². The summed E-state index contributed by atoms with van der Waals surface area (Å²) in [7, 11) is 0. The van der Waals surface area contributed by atoms with E-state index in [2.05, 4.69) is 103 Å². The number of rotatable bonds is 4. The molecule has 0 saturated heterocycles. The molecule has 4 heteroatoms. The topological polar surface area (TPSA) is 51.8 Å². The maximum absolute atomic E-state index is 6.93. The molecule has 0 aliphatic heterocycles. The molecule has 0 saturated carbocycles. The Kier molecular flexibility index (Phi) is 6.15. The summed E-state index contributed by atoms with van der Waals surface area (Å²) < 4.78 is 6.93. The van der Waals surface area contributed by atoms with Gasteiger partial charge < -0.3 is 4.42 Å². The van der Waals surface area contributed by atoms with E-state index in [0.717, 1.165) is 71.3 Å². The van der Waals surface area contributed by atoms with Crippen molar-refractivity contribution in [1.82, 2.24) is 15.0 Å². The van der Waals surface area contributed by atoms with Gasteiger partial charge in [0.1, 0.15) is 11.2 Å². The molecule has 2 aromatic heterocycles. The van der Waals surface area contributed by atoms with Crippen LogP contribution in [0.15, 0.2) is 168 Å². The van der Waals surface area contributed by atoms with Crippen LogP contribution in [0.2, 0.25) is 0 Å². The fourth-order valence-corrected chi connectivity index (χ4v) is 7.12. The molecule has 2 heterocycles. The van der Waals surface area contributed by atoms with Crippen LogP contribution >= 0.6 is 0 Å². The third-order valence-corrected chi connectivity index (χ3v) is 9.49. The van der Waals surface area contributed by atoms with Gasteiger partial charge in [-0.3, -0.25) is 0 Å². The molecule has 0 unspecified atom stereocenters. The number of fused-ring (bicyclic) bond motifs is 9. The molecule has 0 bridgehead atoms. The van der Waals surface area contributed by atoms with Crippen LogP contribution in [0, 0.1) is 0 Å². The van der Waals surface area contributed by atoms with Crippen LogP contribution in [-0.2, 0) is 0 Å². The van der Waals surface area contributed by atoms with Gasteiger partial charge in [0.25, 0.3) is 0 Å². The van der Waals surface area contributed by atoms with Crippen molar-refractivity contribution < 1.29 is 4.42 Å². The first kappa shape index (κ1) is 27.5. The number of hydrogen-bond donors (Lipinski definition) is 0. The van der Waals surface area contributed by atoms with E-state index in [9.17, 15) is 0 Å². The van der Waals surface area contributed by atoms with E-state index >= 15 is 0 Å². The van der Waals surface area contributed by atoms with Crippen LogP contribution in [-0.4, -0.2) is 15.0 Å². The zero-order chi connectivity index (χ0) is 32.3. The first-order valence-corrected chi connectivity index (χ1v) is 16.4. The number of aromatic nitrogens is 3. The third-order valence-electron chi connectivity index (χ3n) is 9.49. The van der Waals surface area contributed by atoms with Gasteiger partial charge in [0.05, 0.1) is 0 Å². The predicted molar refractivity (Wildman–Crippen MR) is 201 cm³/mol. The van der Waals surface area contributed by atoms with Crippen molar-refractivity contribution in [2.24, 2.45) is 0 Å². The van der Waals surface area contributed by atoms with Crippen LogP contribution in [0.4, 0.5) is 0 Å². The molecule has 10 aromatic rings. The average molecular weight is 626 g/mol. The molecule has 49 heavy (non-hydrogen) atoms. The van der Waals surface area contributed by atoms with Gasteiger partial charge in [-0.2, -0.15) is 0 Å². The molecule has 0 radical (unpaired) electrons. The van der Waals surface area contributed by atoms with Crippen molar-refractivity contribution in [3.63, 3.8) is 0 Å². The Hall–Kier alpha value is -6.65. The Bertz CT molecular complexity index is 2800. The fourth-order valence-electron chi connectivity index (χ4n) is 7.12. The van der Waals surface area contributed by atoms with Crippen LogP contribution in [0.25, 0.3) is 99.5 Å².